The third-order valence-electron chi connectivity index (χ3n) is 1.09. The monoisotopic (exact) mass is 125 g/mol. The minimum atomic E-state index is 0.0167. The average molecular weight is 125 g/mol. The first-order valence-corrected chi connectivity index (χ1v) is 2.77. The Morgan fingerprint density at radius 1 is 1.89 bits per heavy atom. The molecule has 3 nitrogen and oxygen atoms in total. The van der Waals surface area contributed by atoms with Gasteiger partial charge >= 0.3 is 0 Å². The van der Waals surface area contributed by atoms with Crippen LogP contribution in [-0.4, -0.2) is 17.5 Å². The lowest BCUT2D eigenvalue weighted by molar-refractivity contribution is 0.0384. The smallest absolute Gasteiger partial charge is 0.198 e. The van der Waals surface area contributed by atoms with Gasteiger partial charge in [0, 0.05) is 0 Å². The van der Waals surface area contributed by atoms with Crippen LogP contribution in [-0.2, 0) is 4.84 Å². The molecule has 1 unspecified atom stereocenters. The molecule has 1 heterocycles. The van der Waals surface area contributed by atoms with E-state index in [1.54, 1.807) is 19.0 Å². The maximum absolute atomic E-state index is 4.83. The molecular formula is C6H9N2O. The van der Waals surface area contributed by atoms with Gasteiger partial charge in [-0.3, -0.25) is 0 Å². The van der Waals surface area contributed by atoms with Crippen LogP contribution in [0.5, 0.6) is 0 Å². The molecule has 1 rings (SSSR count). The lowest BCUT2D eigenvalue weighted by atomic mass is 10.5. The summed E-state index contributed by atoms with van der Waals surface area (Å²) in [4.78, 5) is 6.66. The topological polar surface area (TPSA) is 24.8 Å². The van der Waals surface area contributed by atoms with Crippen molar-refractivity contribution in [2.45, 2.75) is 13.2 Å². The number of hydrogen-bond acceptors (Lipinski definition) is 3. The minimum Gasteiger partial charge on any atom is -0.369 e. The molecule has 1 radical (unpaired) electrons. The van der Waals surface area contributed by atoms with Crippen molar-refractivity contribution in [1.82, 2.24) is 4.90 Å². The van der Waals surface area contributed by atoms with Gasteiger partial charge in [-0.25, -0.2) is 0 Å². The second-order valence-corrected chi connectivity index (χ2v) is 1.76. The Morgan fingerprint density at radius 2 is 2.67 bits per heavy atom. The van der Waals surface area contributed by atoms with Crippen LogP contribution < -0.4 is 0 Å². The molecule has 0 saturated heterocycles. The minimum absolute atomic E-state index is 0.0167. The Labute approximate surface area is 54.6 Å². The van der Waals surface area contributed by atoms with Crippen LogP contribution in [0.1, 0.15) is 6.92 Å². The summed E-state index contributed by atoms with van der Waals surface area (Å²) in [5, 5.41) is 3.59. The van der Waals surface area contributed by atoms with Crippen LogP contribution in [0.4, 0.5) is 0 Å². The third kappa shape index (κ3) is 1.22. The number of nitrogens with zero attached hydrogens (tertiary/aromatic N) is 2. The lowest BCUT2D eigenvalue weighted by Crippen LogP contribution is -2.24. The third-order valence-corrected chi connectivity index (χ3v) is 1.09. The molecule has 0 aliphatic carbocycles. The van der Waals surface area contributed by atoms with E-state index in [0.29, 0.717) is 0 Å². The molecule has 0 fully saturated rings. The second-order valence-electron chi connectivity index (χ2n) is 1.76. The Balaban J connectivity index is 2.39. The fraction of sp³-hybridized carbons (Fsp3) is 0.333. The predicted molar refractivity (Wildman–Crippen MR) is 35.4 cm³/mol. The molecule has 49 valence electrons. The predicted octanol–water partition coefficient (Wildman–Crippen LogP) is 0.956. The normalized spacial score (nSPS) is 24.1. The first-order valence-electron chi connectivity index (χ1n) is 2.77. The fourth-order valence-corrected chi connectivity index (χ4v) is 0.599. The van der Waals surface area contributed by atoms with Gasteiger partial charge in [0.05, 0.1) is 6.54 Å². The maximum Gasteiger partial charge on any atom is 0.198 e. The Bertz CT molecular complexity index is 133. The molecule has 0 aromatic rings. The van der Waals surface area contributed by atoms with Crippen molar-refractivity contribution in [3.05, 3.63) is 19.2 Å². The number of hydrogen-bond donors (Lipinski definition) is 0. The van der Waals surface area contributed by atoms with E-state index in [0.717, 1.165) is 0 Å². The van der Waals surface area contributed by atoms with Crippen molar-refractivity contribution in [3.8, 4) is 0 Å². The van der Waals surface area contributed by atoms with Crippen molar-refractivity contribution in [2.24, 2.45) is 5.16 Å². The fourth-order valence-electron chi connectivity index (χ4n) is 0.599. The van der Waals surface area contributed by atoms with Gasteiger partial charge in [0.15, 0.2) is 6.23 Å². The zero-order chi connectivity index (χ0) is 6.69. The molecule has 0 saturated carbocycles. The Morgan fingerprint density at radius 3 is 3.11 bits per heavy atom. The molecule has 0 amide bonds. The summed E-state index contributed by atoms with van der Waals surface area (Å²) in [6.45, 7) is 7.26. The van der Waals surface area contributed by atoms with Crippen molar-refractivity contribution < 1.29 is 4.84 Å². The summed E-state index contributed by atoms with van der Waals surface area (Å²) < 4.78 is 0. The molecule has 0 aromatic carbocycles. The summed E-state index contributed by atoms with van der Waals surface area (Å²) in [5.74, 6) is 0. The van der Waals surface area contributed by atoms with Crippen LogP contribution in [0.2, 0.25) is 0 Å². The van der Waals surface area contributed by atoms with Gasteiger partial charge in [-0.15, -0.1) is 6.58 Å². The molecule has 1 aliphatic heterocycles. The molecule has 9 heavy (non-hydrogen) atoms. The first kappa shape index (κ1) is 6.13. The lowest BCUT2D eigenvalue weighted by Gasteiger charge is -2.14. The van der Waals surface area contributed by atoms with Crippen molar-refractivity contribution >= 4 is 6.34 Å². The highest BCUT2D eigenvalue weighted by molar-refractivity contribution is 5.57. The maximum atomic E-state index is 4.83. The van der Waals surface area contributed by atoms with E-state index in [2.05, 4.69) is 11.7 Å². The average Bonchev–Trinajstić information content (AvgIpc) is 2.18. The van der Waals surface area contributed by atoms with Gasteiger partial charge < -0.3 is 9.74 Å². The highest BCUT2D eigenvalue weighted by Crippen LogP contribution is 2.07. The van der Waals surface area contributed by atoms with E-state index < -0.39 is 0 Å². The van der Waals surface area contributed by atoms with E-state index >= 15 is 0 Å². The SMILES string of the molecule is C=C[CH]N1C=NOC1C. The van der Waals surface area contributed by atoms with Gasteiger partial charge in [-0.05, 0) is 6.92 Å². The van der Waals surface area contributed by atoms with Crippen LogP contribution in [0.15, 0.2) is 17.8 Å². The van der Waals surface area contributed by atoms with Crippen molar-refractivity contribution in [2.75, 3.05) is 0 Å². The summed E-state index contributed by atoms with van der Waals surface area (Å²) >= 11 is 0. The van der Waals surface area contributed by atoms with E-state index in [-0.39, 0.29) is 6.23 Å². The molecular weight excluding hydrogens is 116 g/mol. The quantitative estimate of drug-likeness (QED) is 0.549. The largest absolute Gasteiger partial charge is 0.369 e. The van der Waals surface area contributed by atoms with Gasteiger partial charge in [-0.1, -0.05) is 11.2 Å². The molecule has 1 atom stereocenters. The van der Waals surface area contributed by atoms with Crippen LogP contribution >= 0.6 is 0 Å². The van der Waals surface area contributed by atoms with E-state index in [9.17, 15) is 0 Å². The summed E-state index contributed by atoms with van der Waals surface area (Å²) in [6.07, 6.45) is 3.33. The molecule has 0 aromatic heterocycles. The first-order chi connectivity index (χ1) is 4.34. The van der Waals surface area contributed by atoms with Gasteiger partial charge in [0.25, 0.3) is 0 Å². The zero-order valence-electron chi connectivity index (χ0n) is 5.32. The Hall–Kier alpha value is -0.990. The second kappa shape index (κ2) is 2.53. The standard InChI is InChI=1S/C6H9N2O/c1-3-4-8-5-7-9-6(8)2/h3-6H,1H2,2H3. The van der Waals surface area contributed by atoms with Crippen molar-refractivity contribution in [3.63, 3.8) is 0 Å². The zero-order valence-corrected chi connectivity index (χ0v) is 5.32. The molecule has 1 aliphatic rings. The van der Waals surface area contributed by atoms with E-state index in [1.165, 1.54) is 0 Å². The van der Waals surface area contributed by atoms with Crippen LogP contribution in [0.3, 0.4) is 0 Å². The summed E-state index contributed by atoms with van der Waals surface area (Å²) in [7, 11) is 0. The molecule has 3 heteroatoms. The molecule has 0 N–H and O–H groups in total. The highest BCUT2D eigenvalue weighted by atomic mass is 16.7. The Kier molecular flexibility index (Phi) is 1.72. The highest BCUT2D eigenvalue weighted by Gasteiger charge is 2.14. The number of oxime groups is 1. The van der Waals surface area contributed by atoms with E-state index in [4.69, 9.17) is 4.84 Å². The van der Waals surface area contributed by atoms with Gasteiger partial charge in [-0.2, -0.15) is 0 Å². The van der Waals surface area contributed by atoms with Crippen molar-refractivity contribution in [1.29, 1.82) is 0 Å². The van der Waals surface area contributed by atoms with Gasteiger partial charge in [0.2, 0.25) is 0 Å². The number of rotatable bonds is 2. The van der Waals surface area contributed by atoms with E-state index in [1.807, 2.05) is 11.8 Å². The summed E-state index contributed by atoms with van der Waals surface area (Å²) in [6, 6.07) is 0. The van der Waals surface area contributed by atoms with Crippen LogP contribution in [0.25, 0.3) is 0 Å². The van der Waals surface area contributed by atoms with Gasteiger partial charge in [0.1, 0.15) is 6.34 Å². The van der Waals surface area contributed by atoms with Crippen LogP contribution in [0, 0.1) is 6.54 Å². The molecule has 0 spiro atoms. The summed E-state index contributed by atoms with van der Waals surface area (Å²) in [5.41, 5.74) is 0. The molecule has 0 bridgehead atoms.